The number of nitrogens with two attached hydrogens (primary N) is 1. The number of allylic oxidation sites excluding steroid dienone is 5. The fourth-order valence-corrected chi connectivity index (χ4v) is 0.981. The minimum absolute atomic E-state index is 0.773. The van der Waals surface area contributed by atoms with E-state index in [9.17, 15) is 0 Å². The highest BCUT2D eigenvalue weighted by Crippen LogP contribution is 2.19. The first-order valence-corrected chi connectivity index (χ1v) is 3.82. The van der Waals surface area contributed by atoms with E-state index in [1.807, 2.05) is 25.2 Å². The molecule has 0 aromatic carbocycles. The lowest BCUT2D eigenvalue weighted by Gasteiger charge is -1.99. The normalized spacial score (nSPS) is 17.9. The van der Waals surface area contributed by atoms with Crippen molar-refractivity contribution in [1.82, 2.24) is 5.43 Å². The quantitative estimate of drug-likeness (QED) is 0.465. The fraction of sp³-hybridized carbons (Fsp3) is 0.250. The Kier molecular flexibility index (Phi) is 2.74. The number of halogens is 1. The van der Waals surface area contributed by atoms with Gasteiger partial charge in [-0.1, -0.05) is 17.7 Å². The minimum atomic E-state index is 0.773. The smallest absolute Gasteiger partial charge is 0.0432 e. The summed E-state index contributed by atoms with van der Waals surface area (Å²) in [6.07, 6.45) is 6.58. The van der Waals surface area contributed by atoms with Crippen LogP contribution in [0.5, 0.6) is 0 Å². The van der Waals surface area contributed by atoms with E-state index >= 15 is 0 Å². The zero-order valence-corrected chi connectivity index (χ0v) is 7.15. The molecule has 0 aromatic rings. The first-order valence-electron chi connectivity index (χ1n) is 3.44. The highest BCUT2D eigenvalue weighted by atomic mass is 35.5. The van der Waals surface area contributed by atoms with Crippen molar-refractivity contribution in [2.75, 3.05) is 0 Å². The number of hydrogen-bond acceptors (Lipinski definition) is 2. The van der Waals surface area contributed by atoms with E-state index in [-0.39, 0.29) is 0 Å². The lowest BCUT2D eigenvalue weighted by molar-refractivity contribution is 0.853. The SMILES string of the molecule is CC1=CCC(NN)=CC=C1Cl. The van der Waals surface area contributed by atoms with E-state index in [4.69, 9.17) is 17.4 Å². The molecule has 3 heteroatoms. The van der Waals surface area contributed by atoms with Crippen LogP contribution in [0.2, 0.25) is 0 Å². The van der Waals surface area contributed by atoms with E-state index in [0.29, 0.717) is 0 Å². The molecular formula is C8H11ClN2. The molecule has 0 radical (unpaired) electrons. The molecule has 0 aromatic heterocycles. The van der Waals surface area contributed by atoms with Gasteiger partial charge in [-0.3, -0.25) is 5.84 Å². The Labute approximate surface area is 71.4 Å². The second-order valence-electron chi connectivity index (χ2n) is 2.44. The molecule has 2 nitrogen and oxygen atoms in total. The van der Waals surface area contributed by atoms with Gasteiger partial charge < -0.3 is 5.43 Å². The Morgan fingerprint density at radius 3 is 2.91 bits per heavy atom. The second-order valence-corrected chi connectivity index (χ2v) is 2.85. The third-order valence-corrected chi connectivity index (χ3v) is 2.05. The molecular weight excluding hydrogens is 160 g/mol. The van der Waals surface area contributed by atoms with Gasteiger partial charge in [0.15, 0.2) is 0 Å². The Morgan fingerprint density at radius 2 is 2.27 bits per heavy atom. The third kappa shape index (κ3) is 2.10. The minimum Gasteiger partial charge on any atom is -0.328 e. The average molecular weight is 171 g/mol. The molecule has 0 saturated heterocycles. The van der Waals surface area contributed by atoms with Crippen molar-refractivity contribution in [1.29, 1.82) is 0 Å². The zero-order chi connectivity index (χ0) is 8.27. The maximum atomic E-state index is 5.87. The van der Waals surface area contributed by atoms with Crippen LogP contribution in [0.1, 0.15) is 13.3 Å². The largest absolute Gasteiger partial charge is 0.328 e. The van der Waals surface area contributed by atoms with E-state index in [1.54, 1.807) is 0 Å². The summed E-state index contributed by atoms with van der Waals surface area (Å²) in [5, 5.41) is 0.773. The Morgan fingerprint density at radius 1 is 1.55 bits per heavy atom. The molecule has 0 heterocycles. The van der Waals surface area contributed by atoms with Crippen LogP contribution in [0.25, 0.3) is 0 Å². The second kappa shape index (κ2) is 3.60. The molecule has 1 aliphatic carbocycles. The van der Waals surface area contributed by atoms with Crippen LogP contribution in [-0.2, 0) is 0 Å². The highest BCUT2D eigenvalue weighted by Gasteiger charge is 2.00. The van der Waals surface area contributed by atoms with Crippen LogP contribution in [0, 0.1) is 0 Å². The summed E-state index contributed by atoms with van der Waals surface area (Å²) in [7, 11) is 0. The Bertz CT molecular complexity index is 238. The van der Waals surface area contributed by atoms with Gasteiger partial charge in [-0.25, -0.2) is 0 Å². The standard InChI is InChI=1S/C8H11ClN2/c1-6-2-3-7(11-10)4-5-8(6)9/h2,4-5,11H,3,10H2,1H3. The van der Waals surface area contributed by atoms with Crippen molar-refractivity contribution in [3.8, 4) is 0 Å². The molecule has 60 valence electrons. The molecule has 0 saturated carbocycles. The van der Waals surface area contributed by atoms with Crippen molar-refractivity contribution >= 4 is 11.6 Å². The van der Waals surface area contributed by atoms with Crippen LogP contribution in [0.3, 0.4) is 0 Å². The summed E-state index contributed by atoms with van der Waals surface area (Å²) in [6.45, 7) is 1.98. The van der Waals surface area contributed by atoms with Crippen LogP contribution in [0.4, 0.5) is 0 Å². The third-order valence-electron chi connectivity index (χ3n) is 1.62. The van der Waals surface area contributed by atoms with Gasteiger partial charge in [0.1, 0.15) is 0 Å². The van der Waals surface area contributed by atoms with E-state index in [2.05, 4.69) is 5.43 Å². The summed E-state index contributed by atoms with van der Waals surface area (Å²) < 4.78 is 0. The lowest BCUT2D eigenvalue weighted by Crippen LogP contribution is -2.20. The van der Waals surface area contributed by atoms with Crippen LogP contribution in [-0.4, -0.2) is 0 Å². The molecule has 1 rings (SSSR count). The molecule has 0 fully saturated rings. The number of rotatable bonds is 1. The summed E-state index contributed by atoms with van der Waals surface area (Å²) in [5.74, 6) is 5.24. The van der Waals surface area contributed by atoms with Gasteiger partial charge in [-0.2, -0.15) is 0 Å². The molecule has 0 atom stereocenters. The van der Waals surface area contributed by atoms with Gasteiger partial charge in [-0.15, -0.1) is 0 Å². The van der Waals surface area contributed by atoms with Gasteiger partial charge in [0.05, 0.1) is 0 Å². The summed E-state index contributed by atoms with van der Waals surface area (Å²) >= 11 is 5.87. The van der Waals surface area contributed by atoms with E-state index < -0.39 is 0 Å². The van der Waals surface area contributed by atoms with Gasteiger partial charge >= 0.3 is 0 Å². The summed E-state index contributed by atoms with van der Waals surface area (Å²) in [6, 6.07) is 0. The van der Waals surface area contributed by atoms with E-state index in [0.717, 1.165) is 22.7 Å². The molecule has 0 aliphatic heterocycles. The number of nitrogens with one attached hydrogen (secondary N) is 1. The van der Waals surface area contributed by atoms with Crippen LogP contribution in [0.15, 0.2) is 34.5 Å². The van der Waals surface area contributed by atoms with Gasteiger partial charge in [0.2, 0.25) is 0 Å². The molecule has 11 heavy (non-hydrogen) atoms. The van der Waals surface area contributed by atoms with Gasteiger partial charge in [0.25, 0.3) is 0 Å². The topological polar surface area (TPSA) is 38.0 Å². The molecule has 0 spiro atoms. The van der Waals surface area contributed by atoms with Crippen molar-refractivity contribution in [2.45, 2.75) is 13.3 Å². The highest BCUT2D eigenvalue weighted by molar-refractivity contribution is 6.32. The monoisotopic (exact) mass is 170 g/mol. The summed E-state index contributed by atoms with van der Waals surface area (Å²) in [5.41, 5.74) is 4.66. The number of hydrazine groups is 1. The molecule has 3 N–H and O–H groups in total. The average Bonchev–Trinajstić information content (AvgIpc) is 2.16. The van der Waals surface area contributed by atoms with Crippen molar-refractivity contribution in [3.05, 3.63) is 34.5 Å². The van der Waals surface area contributed by atoms with Gasteiger partial charge in [0, 0.05) is 17.2 Å². The zero-order valence-electron chi connectivity index (χ0n) is 6.39. The predicted octanol–water partition coefficient (Wildman–Crippen LogP) is 1.81. The van der Waals surface area contributed by atoms with E-state index in [1.165, 1.54) is 0 Å². The van der Waals surface area contributed by atoms with Gasteiger partial charge in [-0.05, 0) is 24.6 Å². The van der Waals surface area contributed by atoms with Crippen LogP contribution >= 0.6 is 11.6 Å². The van der Waals surface area contributed by atoms with Crippen LogP contribution < -0.4 is 11.3 Å². The van der Waals surface area contributed by atoms with Crippen molar-refractivity contribution in [3.63, 3.8) is 0 Å². The van der Waals surface area contributed by atoms with Crippen molar-refractivity contribution < 1.29 is 0 Å². The molecule has 1 aliphatic rings. The first-order chi connectivity index (χ1) is 5.24. The lowest BCUT2D eigenvalue weighted by atomic mass is 10.2. The summed E-state index contributed by atoms with van der Waals surface area (Å²) in [4.78, 5) is 0. The first kappa shape index (κ1) is 8.37. The molecule has 0 unspecified atom stereocenters. The maximum absolute atomic E-state index is 5.87. The maximum Gasteiger partial charge on any atom is 0.0432 e. The Balaban J connectivity index is 2.84. The number of hydrogen-bond donors (Lipinski definition) is 2. The predicted molar refractivity (Wildman–Crippen MR) is 47.7 cm³/mol. The molecule has 0 bridgehead atoms. The van der Waals surface area contributed by atoms with Crippen molar-refractivity contribution in [2.24, 2.45) is 5.84 Å². The fourth-order valence-electron chi connectivity index (χ4n) is 0.841. The Hall–Kier alpha value is -0.730. The molecule has 0 amide bonds.